The first-order valence-corrected chi connectivity index (χ1v) is 6.43. The molecule has 0 aromatic heterocycles. The van der Waals surface area contributed by atoms with E-state index in [1.54, 1.807) is 0 Å². The zero-order valence-corrected chi connectivity index (χ0v) is 12.1. The Hall–Kier alpha value is -1.74. The molecule has 2 aromatic carbocycles. The Labute approximate surface area is 105 Å². The molecule has 0 aliphatic heterocycles. The molecule has 0 radical (unpaired) electrons. The van der Waals surface area contributed by atoms with Crippen LogP contribution in [0.5, 0.6) is 11.5 Å². The van der Waals surface area contributed by atoms with Crippen LogP contribution >= 0.6 is 0 Å². The molecule has 3 heteroatoms. The van der Waals surface area contributed by atoms with Crippen LogP contribution in [0.25, 0.3) is 0 Å². The summed E-state index contributed by atoms with van der Waals surface area (Å²) < 4.78 is 11.2. The number of ether oxygens (including phenoxy) is 1. The fraction of sp³-hybridized carbons (Fsp3) is 0.143. The van der Waals surface area contributed by atoms with E-state index in [2.05, 4.69) is 19.1 Å². The lowest BCUT2D eigenvalue weighted by molar-refractivity contribution is 0.297. The van der Waals surface area contributed by atoms with E-state index < -0.39 is 0 Å². The van der Waals surface area contributed by atoms with Crippen molar-refractivity contribution in [2.45, 2.75) is 13.5 Å². The van der Waals surface area contributed by atoms with E-state index in [0.717, 1.165) is 11.5 Å². The molecule has 0 spiro atoms. The van der Waals surface area contributed by atoms with Gasteiger partial charge in [-0.25, -0.2) is 0 Å². The van der Waals surface area contributed by atoms with Gasteiger partial charge < -0.3 is 9.16 Å². The third kappa shape index (κ3) is 2.88. The molecule has 2 aromatic rings. The Bertz CT molecular complexity index is 497. The van der Waals surface area contributed by atoms with E-state index in [4.69, 9.17) is 9.16 Å². The molecule has 0 atom stereocenters. The molecule has 0 N–H and O–H groups in total. The van der Waals surface area contributed by atoms with Gasteiger partial charge in [0.1, 0.15) is 12.4 Å². The lowest BCUT2D eigenvalue weighted by atomic mass is 10.1. The predicted molar refractivity (Wildman–Crippen MR) is 72.5 cm³/mol. The third-order valence-electron chi connectivity index (χ3n) is 2.71. The largest absolute Gasteiger partial charge is 0.551 e. The van der Waals surface area contributed by atoms with Crippen molar-refractivity contribution in [1.82, 2.24) is 0 Å². The Balaban J connectivity index is 2.10. The number of hydrogen-bond donors (Lipinski definition) is 0. The SMILES string of the molecule is Cc1ccccc1COc1ccccc1O[SiH3]. The fourth-order valence-electron chi connectivity index (χ4n) is 1.67. The maximum absolute atomic E-state index is 5.79. The third-order valence-corrected chi connectivity index (χ3v) is 3.15. The average Bonchev–Trinajstić information content (AvgIpc) is 2.38. The number of benzene rings is 2. The lowest BCUT2D eigenvalue weighted by Gasteiger charge is -2.11. The minimum absolute atomic E-state index is 0.578. The van der Waals surface area contributed by atoms with Gasteiger partial charge in [0.2, 0.25) is 10.5 Å². The van der Waals surface area contributed by atoms with Gasteiger partial charge in [0.25, 0.3) is 0 Å². The van der Waals surface area contributed by atoms with Gasteiger partial charge in [-0.3, -0.25) is 0 Å². The molecule has 2 rings (SSSR count). The molecule has 0 amide bonds. The van der Waals surface area contributed by atoms with Crippen LogP contribution in [0, 0.1) is 6.92 Å². The van der Waals surface area contributed by atoms with Gasteiger partial charge in [0, 0.05) is 0 Å². The van der Waals surface area contributed by atoms with Crippen LogP contribution < -0.4 is 9.16 Å². The lowest BCUT2D eigenvalue weighted by Crippen LogP contribution is -1.99. The van der Waals surface area contributed by atoms with E-state index in [1.807, 2.05) is 36.4 Å². The van der Waals surface area contributed by atoms with E-state index in [0.29, 0.717) is 17.1 Å². The van der Waals surface area contributed by atoms with Crippen molar-refractivity contribution in [2.24, 2.45) is 0 Å². The van der Waals surface area contributed by atoms with E-state index in [9.17, 15) is 0 Å². The summed E-state index contributed by atoms with van der Waals surface area (Å²) in [4.78, 5) is 0. The molecular formula is C14H16O2Si. The summed E-state index contributed by atoms with van der Waals surface area (Å²) in [5.41, 5.74) is 2.45. The zero-order valence-electron chi connectivity index (χ0n) is 10.1. The summed E-state index contributed by atoms with van der Waals surface area (Å²) in [6, 6.07) is 16.0. The quantitative estimate of drug-likeness (QED) is 0.768. The Morgan fingerprint density at radius 2 is 1.59 bits per heavy atom. The van der Waals surface area contributed by atoms with Crippen LogP contribution in [0.2, 0.25) is 0 Å². The molecular weight excluding hydrogens is 228 g/mol. The van der Waals surface area contributed by atoms with Crippen LogP contribution in [0.4, 0.5) is 0 Å². The molecule has 0 aliphatic rings. The first kappa shape index (κ1) is 11.7. The maximum Gasteiger partial charge on any atom is 0.204 e. The van der Waals surface area contributed by atoms with Crippen molar-refractivity contribution in [3.63, 3.8) is 0 Å². The molecule has 0 heterocycles. The van der Waals surface area contributed by atoms with Crippen molar-refractivity contribution in [2.75, 3.05) is 0 Å². The summed E-state index contributed by atoms with van der Waals surface area (Å²) in [5, 5.41) is 0. The molecule has 0 saturated heterocycles. The first-order chi connectivity index (χ1) is 8.31. The van der Waals surface area contributed by atoms with Gasteiger partial charge in [0.05, 0.1) is 0 Å². The van der Waals surface area contributed by atoms with Gasteiger partial charge in [-0.05, 0) is 30.2 Å². The first-order valence-electron chi connectivity index (χ1n) is 5.61. The monoisotopic (exact) mass is 244 g/mol. The minimum atomic E-state index is 0.578. The van der Waals surface area contributed by atoms with Crippen molar-refractivity contribution in [3.8, 4) is 11.5 Å². The van der Waals surface area contributed by atoms with E-state index in [1.165, 1.54) is 11.1 Å². The molecule has 0 bridgehead atoms. The second kappa shape index (κ2) is 5.55. The van der Waals surface area contributed by atoms with Crippen LogP contribution in [-0.2, 0) is 6.61 Å². The van der Waals surface area contributed by atoms with Gasteiger partial charge >= 0.3 is 0 Å². The molecule has 0 saturated carbocycles. The van der Waals surface area contributed by atoms with Crippen molar-refractivity contribution < 1.29 is 9.16 Å². The van der Waals surface area contributed by atoms with Gasteiger partial charge in [-0.2, -0.15) is 0 Å². The van der Waals surface area contributed by atoms with Gasteiger partial charge in [0.15, 0.2) is 5.75 Å². The highest BCUT2D eigenvalue weighted by atomic mass is 28.2. The number of para-hydroxylation sites is 2. The normalized spacial score (nSPS) is 10.2. The second-order valence-corrected chi connectivity index (χ2v) is 4.27. The second-order valence-electron chi connectivity index (χ2n) is 3.87. The average molecular weight is 244 g/mol. The molecule has 0 unspecified atom stereocenters. The zero-order chi connectivity index (χ0) is 12.1. The van der Waals surface area contributed by atoms with Crippen LogP contribution in [0.1, 0.15) is 11.1 Å². The molecule has 0 aliphatic carbocycles. The highest BCUT2D eigenvalue weighted by Crippen LogP contribution is 2.26. The maximum atomic E-state index is 5.79. The van der Waals surface area contributed by atoms with Crippen LogP contribution in [0.3, 0.4) is 0 Å². The van der Waals surface area contributed by atoms with Gasteiger partial charge in [-0.15, -0.1) is 0 Å². The van der Waals surface area contributed by atoms with Crippen LogP contribution in [0.15, 0.2) is 48.5 Å². The predicted octanol–water partition coefficient (Wildman–Crippen LogP) is 2.23. The summed E-state index contributed by atoms with van der Waals surface area (Å²) in [6.45, 7) is 2.67. The number of aryl methyl sites for hydroxylation is 1. The number of rotatable bonds is 4. The summed E-state index contributed by atoms with van der Waals surface area (Å²) >= 11 is 0. The molecule has 0 fully saturated rings. The van der Waals surface area contributed by atoms with E-state index >= 15 is 0 Å². The highest BCUT2D eigenvalue weighted by Gasteiger charge is 2.03. The molecule has 17 heavy (non-hydrogen) atoms. The minimum Gasteiger partial charge on any atom is -0.551 e. The molecule has 2 nitrogen and oxygen atoms in total. The Morgan fingerprint density at radius 1 is 0.941 bits per heavy atom. The summed E-state index contributed by atoms with van der Waals surface area (Å²) in [6.07, 6.45) is 0. The van der Waals surface area contributed by atoms with Crippen LogP contribution in [-0.4, -0.2) is 10.5 Å². The summed E-state index contributed by atoms with van der Waals surface area (Å²) in [7, 11) is 0.671. The van der Waals surface area contributed by atoms with Crippen molar-refractivity contribution in [1.29, 1.82) is 0 Å². The Morgan fingerprint density at radius 3 is 2.29 bits per heavy atom. The van der Waals surface area contributed by atoms with Crippen molar-refractivity contribution in [3.05, 3.63) is 59.7 Å². The highest BCUT2D eigenvalue weighted by molar-refractivity contribution is 6.00. The number of hydrogen-bond acceptors (Lipinski definition) is 2. The fourth-order valence-corrected chi connectivity index (χ4v) is 2.00. The van der Waals surface area contributed by atoms with E-state index in [-0.39, 0.29) is 0 Å². The van der Waals surface area contributed by atoms with Crippen molar-refractivity contribution >= 4 is 10.5 Å². The topological polar surface area (TPSA) is 18.5 Å². The Kier molecular flexibility index (Phi) is 3.83. The van der Waals surface area contributed by atoms with Gasteiger partial charge in [-0.1, -0.05) is 36.4 Å². The molecule has 88 valence electrons. The summed E-state index contributed by atoms with van der Waals surface area (Å²) in [5.74, 6) is 1.64. The smallest absolute Gasteiger partial charge is 0.204 e. The standard InChI is InChI=1S/C14H16O2Si/c1-11-6-2-3-7-12(11)10-15-13-8-4-5-9-14(13)16-17/h2-9H,10H2,1,17H3.